The van der Waals surface area contributed by atoms with Gasteiger partial charge in [-0.15, -0.1) is 0 Å². The molecule has 3 amide bonds. The zero-order valence-electron chi connectivity index (χ0n) is 23.5. The monoisotopic (exact) mass is 546 g/mol. The van der Waals surface area contributed by atoms with Gasteiger partial charge >= 0.3 is 6.03 Å². The molecule has 0 bridgehead atoms. The molecule has 2 atom stereocenters. The van der Waals surface area contributed by atoms with Gasteiger partial charge in [-0.25, -0.2) is 4.79 Å². The Morgan fingerprint density at radius 3 is 2.27 bits per heavy atom. The first-order chi connectivity index (χ1) is 20.1. The van der Waals surface area contributed by atoms with Crippen molar-refractivity contribution in [1.29, 1.82) is 0 Å². The van der Waals surface area contributed by atoms with E-state index in [1.54, 1.807) is 0 Å². The molecule has 6 rings (SSSR count). The van der Waals surface area contributed by atoms with Gasteiger partial charge in [0.2, 0.25) is 5.91 Å². The molecule has 2 N–H and O–H groups in total. The second-order valence-corrected chi connectivity index (χ2v) is 11.3. The van der Waals surface area contributed by atoms with Crippen LogP contribution in [-0.4, -0.2) is 58.4 Å². The van der Waals surface area contributed by atoms with E-state index in [1.165, 1.54) is 16.3 Å². The second-order valence-electron chi connectivity index (χ2n) is 11.3. The molecule has 41 heavy (non-hydrogen) atoms. The first-order valence-electron chi connectivity index (χ1n) is 14.8. The number of unbranched alkanes of at least 4 members (excludes halogenated alkanes) is 1. The van der Waals surface area contributed by atoms with Gasteiger partial charge in [-0.3, -0.25) is 4.79 Å². The number of nitrogens with two attached hydrogens (primary N) is 1. The molecule has 0 saturated carbocycles. The lowest BCUT2D eigenvalue weighted by Gasteiger charge is -2.31. The van der Waals surface area contributed by atoms with Crippen LogP contribution >= 0.6 is 0 Å². The standard InChI is InChI=1S/C35H38N4O2/c36-21-7-6-15-33-34(40)37(24-30-13-8-12-29-11-4-5-14-32(29)30)22-20-31-25-38(35(41)39(31)33)23-26-16-18-28(19-17-26)27-9-2-1-3-10-27/h1-5,8-14,16-19,31,33H,6-7,15,20-25,36H2/t31-,33-/m0/s1. The third kappa shape index (κ3) is 5.70. The highest BCUT2D eigenvalue weighted by Gasteiger charge is 2.46. The van der Waals surface area contributed by atoms with Crippen LogP contribution in [0.15, 0.2) is 97.1 Å². The van der Waals surface area contributed by atoms with E-state index in [2.05, 4.69) is 66.7 Å². The van der Waals surface area contributed by atoms with Crippen molar-refractivity contribution in [2.24, 2.45) is 5.73 Å². The summed E-state index contributed by atoms with van der Waals surface area (Å²) in [6, 6.07) is 32.9. The van der Waals surface area contributed by atoms with Crippen molar-refractivity contribution < 1.29 is 9.59 Å². The molecule has 2 fully saturated rings. The van der Waals surface area contributed by atoms with Crippen LogP contribution in [-0.2, 0) is 17.9 Å². The van der Waals surface area contributed by atoms with Gasteiger partial charge in [0.1, 0.15) is 6.04 Å². The first kappa shape index (κ1) is 27.0. The summed E-state index contributed by atoms with van der Waals surface area (Å²) in [4.78, 5) is 33.8. The molecule has 4 aromatic carbocycles. The van der Waals surface area contributed by atoms with Gasteiger partial charge < -0.3 is 20.4 Å². The largest absolute Gasteiger partial charge is 0.336 e. The van der Waals surface area contributed by atoms with Gasteiger partial charge in [0.25, 0.3) is 0 Å². The Morgan fingerprint density at radius 2 is 1.46 bits per heavy atom. The third-order valence-electron chi connectivity index (χ3n) is 8.59. The molecule has 2 aliphatic heterocycles. The second kappa shape index (κ2) is 12.1. The van der Waals surface area contributed by atoms with E-state index in [-0.39, 0.29) is 18.0 Å². The molecule has 0 aromatic heterocycles. The SMILES string of the molecule is NCCCC[C@H]1C(=O)N(Cc2cccc3ccccc23)CC[C@H]2CN(Cc3ccc(-c4ccccc4)cc3)C(=O)N21. The summed E-state index contributed by atoms with van der Waals surface area (Å²) >= 11 is 0. The quantitative estimate of drug-likeness (QED) is 0.260. The number of rotatable bonds is 9. The fraction of sp³-hybridized carbons (Fsp3) is 0.314. The van der Waals surface area contributed by atoms with Crippen LogP contribution in [0.1, 0.15) is 36.8 Å². The van der Waals surface area contributed by atoms with Crippen molar-refractivity contribution in [1.82, 2.24) is 14.7 Å². The van der Waals surface area contributed by atoms with E-state index in [0.717, 1.165) is 36.0 Å². The van der Waals surface area contributed by atoms with Crippen molar-refractivity contribution in [2.45, 2.75) is 50.9 Å². The molecule has 6 heteroatoms. The Labute approximate surface area is 242 Å². The minimum absolute atomic E-state index is 0.0236. The van der Waals surface area contributed by atoms with Crippen LogP contribution in [0.4, 0.5) is 4.79 Å². The molecule has 0 spiro atoms. The summed E-state index contributed by atoms with van der Waals surface area (Å²) in [5.41, 5.74) is 10.4. The zero-order chi connectivity index (χ0) is 28.2. The Morgan fingerprint density at radius 1 is 0.732 bits per heavy atom. The number of carbonyl (C=O) groups excluding carboxylic acids is 2. The number of carbonyl (C=O) groups is 2. The third-order valence-corrected chi connectivity index (χ3v) is 8.59. The Balaban J connectivity index is 1.20. The molecule has 4 aromatic rings. The van der Waals surface area contributed by atoms with Gasteiger partial charge in [-0.2, -0.15) is 0 Å². The van der Waals surface area contributed by atoms with Gasteiger partial charge in [0.15, 0.2) is 0 Å². The zero-order valence-corrected chi connectivity index (χ0v) is 23.5. The van der Waals surface area contributed by atoms with Crippen molar-refractivity contribution in [2.75, 3.05) is 19.6 Å². The summed E-state index contributed by atoms with van der Waals surface area (Å²) < 4.78 is 0. The van der Waals surface area contributed by atoms with Crippen molar-refractivity contribution in [3.8, 4) is 11.1 Å². The summed E-state index contributed by atoms with van der Waals surface area (Å²) in [6.45, 7) is 2.97. The smallest absolute Gasteiger partial charge is 0.321 e. The normalized spacial score (nSPS) is 19.1. The number of hydrogen-bond acceptors (Lipinski definition) is 3. The minimum atomic E-state index is -0.456. The highest BCUT2D eigenvalue weighted by Crippen LogP contribution is 2.31. The van der Waals surface area contributed by atoms with Crippen molar-refractivity contribution in [3.63, 3.8) is 0 Å². The molecular formula is C35H38N4O2. The summed E-state index contributed by atoms with van der Waals surface area (Å²) in [6.07, 6.45) is 3.09. The molecule has 0 unspecified atom stereocenters. The van der Waals surface area contributed by atoms with Gasteiger partial charge in [-0.1, -0.05) is 97.1 Å². The van der Waals surface area contributed by atoms with Crippen LogP contribution in [0.25, 0.3) is 21.9 Å². The lowest BCUT2D eigenvalue weighted by atomic mass is 10.0. The number of hydrogen-bond donors (Lipinski definition) is 1. The Bertz CT molecular complexity index is 1500. The van der Waals surface area contributed by atoms with Crippen molar-refractivity contribution >= 4 is 22.7 Å². The molecule has 2 saturated heterocycles. The van der Waals surface area contributed by atoms with Crippen LogP contribution in [0.2, 0.25) is 0 Å². The molecule has 2 heterocycles. The number of nitrogens with zero attached hydrogens (tertiary/aromatic N) is 3. The Kier molecular flexibility index (Phi) is 8.01. The summed E-state index contributed by atoms with van der Waals surface area (Å²) in [5, 5.41) is 2.35. The molecule has 6 nitrogen and oxygen atoms in total. The van der Waals surface area contributed by atoms with Gasteiger partial charge in [0.05, 0.1) is 6.04 Å². The van der Waals surface area contributed by atoms with E-state index >= 15 is 0 Å². The van der Waals surface area contributed by atoms with Crippen LogP contribution in [0, 0.1) is 0 Å². The molecule has 0 radical (unpaired) electrons. The lowest BCUT2D eigenvalue weighted by Crippen LogP contribution is -2.49. The van der Waals surface area contributed by atoms with E-state index < -0.39 is 6.04 Å². The minimum Gasteiger partial charge on any atom is -0.336 e. The van der Waals surface area contributed by atoms with Crippen LogP contribution in [0.3, 0.4) is 0 Å². The Hall–Kier alpha value is -4.16. The molecule has 210 valence electrons. The average molecular weight is 547 g/mol. The number of urea groups is 1. The predicted molar refractivity (Wildman–Crippen MR) is 164 cm³/mol. The predicted octanol–water partition coefficient (Wildman–Crippen LogP) is 6.04. The average Bonchev–Trinajstić information content (AvgIpc) is 3.25. The number of fused-ring (bicyclic) bond motifs is 2. The number of benzene rings is 4. The maximum absolute atomic E-state index is 14.1. The van der Waals surface area contributed by atoms with Crippen LogP contribution < -0.4 is 5.73 Å². The van der Waals surface area contributed by atoms with Crippen molar-refractivity contribution in [3.05, 3.63) is 108 Å². The molecular weight excluding hydrogens is 508 g/mol. The maximum atomic E-state index is 14.1. The highest BCUT2D eigenvalue weighted by atomic mass is 16.2. The fourth-order valence-corrected chi connectivity index (χ4v) is 6.43. The topological polar surface area (TPSA) is 69.9 Å². The summed E-state index contributed by atoms with van der Waals surface area (Å²) in [5.74, 6) is 0.0554. The maximum Gasteiger partial charge on any atom is 0.321 e. The first-order valence-corrected chi connectivity index (χ1v) is 14.8. The van der Waals surface area contributed by atoms with E-state index in [9.17, 15) is 9.59 Å². The van der Waals surface area contributed by atoms with Gasteiger partial charge in [0, 0.05) is 26.2 Å². The van der Waals surface area contributed by atoms with E-state index in [0.29, 0.717) is 39.1 Å². The fourth-order valence-electron chi connectivity index (χ4n) is 6.43. The lowest BCUT2D eigenvalue weighted by molar-refractivity contribution is -0.135. The number of amides is 3. The highest BCUT2D eigenvalue weighted by molar-refractivity contribution is 5.90. The van der Waals surface area contributed by atoms with Gasteiger partial charge in [-0.05, 0) is 65.3 Å². The van der Waals surface area contributed by atoms with Crippen LogP contribution in [0.5, 0.6) is 0 Å². The van der Waals surface area contributed by atoms with E-state index in [1.807, 2.05) is 45.0 Å². The summed E-state index contributed by atoms with van der Waals surface area (Å²) in [7, 11) is 0. The molecule has 2 aliphatic rings. The van der Waals surface area contributed by atoms with E-state index in [4.69, 9.17) is 5.73 Å². The molecule has 0 aliphatic carbocycles.